The molecule has 2 heterocycles. The lowest BCUT2D eigenvalue weighted by Crippen LogP contribution is -2.46. The maximum Gasteiger partial charge on any atom is 0.223 e. The van der Waals surface area contributed by atoms with Crippen LogP contribution < -0.4 is 5.32 Å². The second-order valence-corrected chi connectivity index (χ2v) is 5.97. The fourth-order valence-electron chi connectivity index (χ4n) is 2.19. The van der Waals surface area contributed by atoms with Crippen LogP contribution in [0.25, 0.3) is 0 Å². The minimum Gasteiger partial charge on any atom is -0.340 e. The molecule has 0 saturated carbocycles. The number of hydrogen-bond donors (Lipinski definition) is 1. The van der Waals surface area contributed by atoms with Crippen LogP contribution in [0.2, 0.25) is 0 Å². The van der Waals surface area contributed by atoms with E-state index in [-0.39, 0.29) is 5.91 Å². The van der Waals surface area contributed by atoms with E-state index in [2.05, 4.69) is 29.4 Å². The Morgan fingerprint density at radius 1 is 1.37 bits per heavy atom. The summed E-state index contributed by atoms with van der Waals surface area (Å²) in [6, 6.07) is 4.14. The molecule has 1 fully saturated rings. The van der Waals surface area contributed by atoms with Crippen LogP contribution in [-0.2, 0) is 4.79 Å². The van der Waals surface area contributed by atoms with Gasteiger partial charge in [0.15, 0.2) is 0 Å². The first-order chi connectivity index (χ1) is 9.15. The molecule has 1 aromatic rings. The molecule has 1 aliphatic heterocycles. The fraction of sp³-hybridized carbons (Fsp3) is 0.571. The number of aromatic nitrogens is 1. The normalized spacial score (nSPS) is 15.6. The van der Waals surface area contributed by atoms with Gasteiger partial charge in [-0.1, -0.05) is 0 Å². The van der Waals surface area contributed by atoms with Crippen molar-refractivity contribution in [1.29, 1.82) is 0 Å². The summed E-state index contributed by atoms with van der Waals surface area (Å²) in [5.41, 5.74) is 2.26. The molecule has 0 atom stereocenters. The summed E-state index contributed by atoms with van der Waals surface area (Å²) in [7, 11) is 0. The van der Waals surface area contributed by atoms with E-state index in [0.29, 0.717) is 6.42 Å². The lowest BCUT2D eigenvalue weighted by Gasteiger charge is -2.27. The Balaban J connectivity index is 1.77. The molecule has 1 N–H and O–H groups in total. The van der Waals surface area contributed by atoms with Gasteiger partial charge in [0.2, 0.25) is 5.91 Å². The molecule has 0 aliphatic carbocycles. The minimum absolute atomic E-state index is 0.262. The van der Waals surface area contributed by atoms with Gasteiger partial charge >= 0.3 is 0 Å². The second-order valence-electron chi connectivity index (χ2n) is 4.85. The molecule has 5 heteroatoms. The Morgan fingerprint density at radius 3 is 2.79 bits per heavy atom. The van der Waals surface area contributed by atoms with Crippen LogP contribution in [0.5, 0.6) is 0 Å². The number of nitrogens with one attached hydrogen (secondary N) is 1. The number of carbonyl (C=O) groups is 1. The third kappa shape index (κ3) is 4.51. The van der Waals surface area contributed by atoms with Gasteiger partial charge < -0.3 is 10.2 Å². The number of carbonyl (C=O) groups excluding carboxylic acids is 1. The monoisotopic (exact) mass is 279 g/mol. The third-order valence-corrected chi connectivity index (χ3v) is 4.02. The highest BCUT2D eigenvalue weighted by Crippen LogP contribution is 2.18. The molecule has 4 nitrogen and oxygen atoms in total. The Labute approximate surface area is 119 Å². The zero-order chi connectivity index (χ0) is 13.7. The first kappa shape index (κ1) is 14.3. The van der Waals surface area contributed by atoms with Crippen LogP contribution >= 0.6 is 11.8 Å². The van der Waals surface area contributed by atoms with Gasteiger partial charge in [-0.05, 0) is 31.5 Å². The number of piperazine rings is 1. The molecular weight excluding hydrogens is 258 g/mol. The summed E-state index contributed by atoms with van der Waals surface area (Å²) in [4.78, 5) is 18.4. The topological polar surface area (TPSA) is 45.2 Å². The van der Waals surface area contributed by atoms with E-state index in [1.165, 1.54) is 5.56 Å². The summed E-state index contributed by atoms with van der Waals surface area (Å²) >= 11 is 1.67. The smallest absolute Gasteiger partial charge is 0.223 e. The van der Waals surface area contributed by atoms with Crippen molar-refractivity contribution in [2.24, 2.45) is 0 Å². The number of thioether (sulfide) groups is 1. The van der Waals surface area contributed by atoms with Crippen molar-refractivity contribution in [1.82, 2.24) is 15.2 Å². The Hall–Kier alpha value is -1.07. The molecule has 19 heavy (non-hydrogen) atoms. The first-order valence-electron chi connectivity index (χ1n) is 6.72. The Kier molecular flexibility index (Phi) is 5.22. The minimum atomic E-state index is 0.262. The van der Waals surface area contributed by atoms with Crippen molar-refractivity contribution >= 4 is 17.7 Å². The van der Waals surface area contributed by atoms with Crippen molar-refractivity contribution < 1.29 is 4.79 Å². The highest BCUT2D eigenvalue weighted by molar-refractivity contribution is 7.99. The molecule has 1 amide bonds. The van der Waals surface area contributed by atoms with Gasteiger partial charge in [-0.2, -0.15) is 0 Å². The van der Waals surface area contributed by atoms with E-state index >= 15 is 0 Å². The van der Waals surface area contributed by atoms with E-state index < -0.39 is 0 Å². The summed E-state index contributed by atoms with van der Waals surface area (Å²) in [6.45, 7) is 7.58. The van der Waals surface area contributed by atoms with Crippen LogP contribution in [0.1, 0.15) is 17.7 Å². The predicted octanol–water partition coefficient (Wildman–Crippen LogP) is 1.61. The number of nitrogens with zero attached hydrogens (tertiary/aromatic N) is 2. The van der Waals surface area contributed by atoms with Gasteiger partial charge in [0, 0.05) is 44.0 Å². The fourth-order valence-corrected chi connectivity index (χ4v) is 3.16. The average Bonchev–Trinajstić information content (AvgIpc) is 2.38. The Bertz CT molecular complexity index is 424. The lowest BCUT2D eigenvalue weighted by molar-refractivity contribution is -0.131. The van der Waals surface area contributed by atoms with E-state index in [9.17, 15) is 4.79 Å². The highest BCUT2D eigenvalue weighted by atomic mass is 32.2. The molecule has 104 valence electrons. The quantitative estimate of drug-likeness (QED) is 0.851. The number of pyridine rings is 1. The molecule has 0 aromatic carbocycles. The molecule has 0 unspecified atom stereocenters. The summed E-state index contributed by atoms with van der Waals surface area (Å²) < 4.78 is 0. The van der Waals surface area contributed by atoms with Crippen molar-refractivity contribution in [3.8, 4) is 0 Å². The van der Waals surface area contributed by atoms with Crippen LogP contribution in [0, 0.1) is 13.8 Å². The maximum atomic E-state index is 12.0. The largest absolute Gasteiger partial charge is 0.340 e. The molecule has 1 aromatic heterocycles. The van der Waals surface area contributed by atoms with Gasteiger partial charge in [-0.3, -0.25) is 4.79 Å². The number of rotatable bonds is 4. The molecule has 2 rings (SSSR count). The van der Waals surface area contributed by atoms with E-state index in [1.54, 1.807) is 11.8 Å². The Morgan fingerprint density at radius 2 is 2.11 bits per heavy atom. The van der Waals surface area contributed by atoms with Gasteiger partial charge in [0.05, 0.1) is 5.03 Å². The van der Waals surface area contributed by atoms with Crippen LogP contribution in [-0.4, -0.2) is 47.7 Å². The van der Waals surface area contributed by atoms with E-state index in [4.69, 9.17) is 0 Å². The summed E-state index contributed by atoms with van der Waals surface area (Å²) in [6.07, 6.45) is 0.597. The highest BCUT2D eigenvalue weighted by Gasteiger charge is 2.15. The predicted molar refractivity (Wildman–Crippen MR) is 78.5 cm³/mol. The van der Waals surface area contributed by atoms with E-state index in [0.717, 1.165) is 42.7 Å². The summed E-state index contributed by atoms with van der Waals surface area (Å²) in [5, 5.41) is 4.27. The van der Waals surface area contributed by atoms with Crippen molar-refractivity contribution in [3.05, 3.63) is 23.4 Å². The van der Waals surface area contributed by atoms with Gasteiger partial charge in [0.25, 0.3) is 0 Å². The van der Waals surface area contributed by atoms with Gasteiger partial charge in [0.1, 0.15) is 0 Å². The van der Waals surface area contributed by atoms with Crippen molar-refractivity contribution in [3.63, 3.8) is 0 Å². The molecule has 0 bridgehead atoms. The third-order valence-electron chi connectivity index (χ3n) is 3.11. The number of aryl methyl sites for hydroxylation is 2. The molecule has 0 spiro atoms. The standard InChI is InChI=1S/C14H21N3OS/c1-11-9-12(2)16-13(10-11)19-8-3-14(18)17-6-4-15-5-7-17/h9-10,15H,3-8H2,1-2H3. The van der Waals surface area contributed by atoms with E-state index in [1.807, 2.05) is 11.8 Å². The average molecular weight is 279 g/mol. The first-order valence-corrected chi connectivity index (χ1v) is 7.70. The molecule has 0 radical (unpaired) electrons. The lowest BCUT2D eigenvalue weighted by atomic mass is 10.3. The summed E-state index contributed by atoms with van der Waals surface area (Å²) in [5.74, 6) is 1.07. The van der Waals surface area contributed by atoms with Crippen molar-refractivity contribution in [2.75, 3.05) is 31.9 Å². The zero-order valence-electron chi connectivity index (χ0n) is 11.6. The van der Waals surface area contributed by atoms with Gasteiger partial charge in [-0.25, -0.2) is 4.98 Å². The van der Waals surface area contributed by atoms with Crippen molar-refractivity contribution in [2.45, 2.75) is 25.3 Å². The molecule has 1 aliphatic rings. The zero-order valence-corrected chi connectivity index (χ0v) is 12.4. The molecular formula is C14H21N3OS. The molecule has 1 saturated heterocycles. The van der Waals surface area contributed by atoms with Gasteiger partial charge in [-0.15, -0.1) is 11.8 Å². The number of amides is 1. The van der Waals surface area contributed by atoms with Crippen LogP contribution in [0.3, 0.4) is 0 Å². The number of hydrogen-bond acceptors (Lipinski definition) is 4. The maximum absolute atomic E-state index is 12.0. The van der Waals surface area contributed by atoms with Crippen LogP contribution in [0.4, 0.5) is 0 Å². The second kappa shape index (κ2) is 6.91. The SMILES string of the molecule is Cc1cc(C)nc(SCCC(=O)N2CCNCC2)c1. The van der Waals surface area contributed by atoms with Crippen LogP contribution in [0.15, 0.2) is 17.2 Å².